The zero-order valence-electron chi connectivity index (χ0n) is 23.3. The maximum atomic E-state index is 13.2. The highest BCUT2D eigenvalue weighted by Gasteiger charge is 2.68. The molecule has 15 heteroatoms. The molecule has 3 aromatic rings. The summed E-state index contributed by atoms with van der Waals surface area (Å²) in [6, 6.07) is 32.2. The molecule has 44 heavy (non-hydrogen) atoms. The van der Waals surface area contributed by atoms with Crippen LogP contribution in [0.5, 0.6) is 0 Å². The first-order chi connectivity index (χ1) is 20.5. The Hall–Kier alpha value is -3.79. The van der Waals surface area contributed by atoms with Gasteiger partial charge in [-0.05, 0) is 50.2 Å². The molecule has 0 radical (unpaired) electrons. The predicted octanol–water partition coefficient (Wildman–Crippen LogP) is 5.86. The second-order valence-electron chi connectivity index (χ2n) is 8.63. The van der Waals surface area contributed by atoms with E-state index in [-0.39, 0.29) is 10.9 Å². The molecule has 0 aromatic heterocycles. The highest BCUT2D eigenvalue weighted by Crippen LogP contribution is 2.38. The van der Waals surface area contributed by atoms with Crippen molar-refractivity contribution in [2.75, 3.05) is 13.2 Å². The van der Waals surface area contributed by atoms with E-state index in [0.29, 0.717) is 0 Å². The first-order valence-corrected chi connectivity index (χ1v) is 15.1. The lowest BCUT2D eigenvalue weighted by Crippen LogP contribution is -2.59. The van der Waals surface area contributed by atoms with Crippen LogP contribution < -0.4 is 0 Å². The van der Waals surface area contributed by atoms with Crippen LogP contribution in [0.1, 0.15) is 13.8 Å². The molecule has 0 aliphatic carbocycles. The summed E-state index contributed by atoms with van der Waals surface area (Å²) < 4.78 is 108. The summed E-state index contributed by atoms with van der Waals surface area (Å²) in [5.74, 6) is -9.07. The van der Waals surface area contributed by atoms with Crippen LogP contribution in [-0.4, -0.2) is 55.3 Å². The molecule has 0 N–H and O–H groups in total. The molecule has 0 aliphatic heterocycles. The Balaban J connectivity index is 0.000000315. The number of carbonyl (C=O) groups excluding carboxylic acids is 2. The zero-order chi connectivity index (χ0) is 33.2. The van der Waals surface area contributed by atoms with E-state index >= 15 is 0 Å². The topological polar surface area (TPSA) is 119 Å². The summed E-state index contributed by atoms with van der Waals surface area (Å²) in [5, 5.41) is -5.36. The van der Waals surface area contributed by atoms with Crippen molar-refractivity contribution >= 4 is 33.0 Å². The Labute approximate surface area is 253 Å². The molecule has 0 bridgehead atoms. The van der Waals surface area contributed by atoms with E-state index in [9.17, 15) is 44.5 Å². The van der Waals surface area contributed by atoms with E-state index in [1.165, 1.54) is 14.7 Å². The number of hydrogen-bond donors (Lipinski definition) is 0. The molecule has 0 aliphatic rings. The van der Waals surface area contributed by atoms with E-state index in [0.717, 1.165) is 13.8 Å². The van der Waals surface area contributed by atoms with E-state index in [4.69, 9.17) is 0 Å². The van der Waals surface area contributed by atoms with Crippen molar-refractivity contribution in [3.8, 4) is 0 Å². The van der Waals surface area contributed by atoms with Crippen LogP contribution >= 0.6 is 0 Å². The normalized spacial score (nSPS) is 13.2. The highest BCUT2D eigenvalue weighted by molar-refractivity contribution is 7.97. The number of ether oxygens (including phenoxy) is 3. The van der Waals surface area contributed by atoms with Crippen molar-refractivity contribution in [3.63, 3.8) is 0 Å². The minimum Gasteiger partial charge on any atom is -0.743 e. The zero-order valence-corrected chi connectivity index (χ0v) is 24.9. The summed E-state index contributed by atoms with van der Waals surface area (Å²) in [4.78, 5) is 27.0. The van der Waals surface area contributed by atoms with Crippen LogP contribution in [-0.2, 0) is 44.8 Å². The standard InChI is InChI=1S/C18H15S.C11H13F5O8S/c1-4-10-16(11-5-1)19(17-12-6-2-7-13-17)18-14-8-3-9-15-18;1-4-22-8(18)10(11(14,15)16,24-7(17)6(2)3)23-5-9(12,13)25(19,20)21/h1-15H;2,4-5H2,1,3H3,(H,19,20,21)/q+1;/p-1. The molecular weight excluding hydrogens is 635 g/mol. The highest BCUT2D eigenvalue weighted by atomic mass is 32.2. The molecule has 0 saturated carbocycles. The van der Waals surface area contributed by atoms with E-state index in [1.807, 2.05) is 0 Å². The number of carbonyl (C=O) groups is 2. The Morgan fingerprint density at radius 1 is 0.818 bits per heavy atom. The fraction of sp³-hybridized carbons (Fsp3) is 0.241. The third kappa shape index (κ3) is 9.35. The SMILES string of the molecule is C=C(C)C(=O)OC(OCC(F)(F)S(=O)(=O)[O-])(C(=O)OCC)C(F)(F)F.c1ccc([S+](c2ccccc2)c2ccccc2)cc1. The smallest absolute Gasteiger partial charge is 0.468 e. The van der Waals surface area contributed by atoms with Gasteiger partial charge in [0.15, 0.2) is 24.8 Å². The van der Waals surface area contributed by atoms with Gasteiger partial charge in [-0.3, -0.25) is 0 Å². The Kier molecular flexibility index (Phi) is 12.6. The lowest BCUT2D eigenvalue weighted by Gasteiger charge is -2.33. The average Bonchev–Trinajstić information content (AvgIpc) is 2.96. The predicted molar refractivity (Wildman–Crippen MR) is 148 cm³/mol. The second-order valence-corrected chi connectivity index (χ2v) is 12.2. The molecule has 8 nitrogen and oxygen atoms in total. The lowest BCUT2D eigenvalue weighted by atomic mass is 10.2. The average molecular weight is 663 g/mol. The lowest BCUT2D eigenvalue weighted by molar-refractivity contribution is -0.360. The van der Waals surface area contributed by atoms with Crippen LogP contribution in [0, 0.1) is 0 Å². The fourth-order valence-corrected chi connectivity index (χ4v) is 5.47. The summed E-state index contributed by atoms with van der Waals surface area (Å²) in [7, 11) is -6.45. The van der Waals surface area contributed by atoms with Gasteiger partial charge in [0, 0.05) is 5.57 Å². The number of benzene rings is 3. The quantitative estimate of drug-likeness (QED) is 0.0626. The van der Waals surface area contributed by atoms with Crippen LogP contribution in [0.25, 0.3) is 0 Å². The Bertz CT molecular complexity index is 1410. The number of rotatable bonds is 11. The van der Waals surface area contributed by atoms with Crippen LogP contribution in [0.15, 0.2) is 118 Å². The van der Waals surface area contributed by atoms with Crippen molar-refractivity contribution in [2.24, 2.45) is 0 Å². The van der Waals surface area contributed by atoms with Crippen LogP contribution in [0.2, 0.25) is 0 Å². The van der Waals surface area contributed by atoms with Crippen molar-refractivity contribution in [1.29, 1.82) is 0 Å². The van der Waals surface area contributed by atoms with Gasteiger partial charge in [0.05, 0.1) is 17.5 Å². The van der Waals surface area contributed by atoms with Gasteiger partial charge in [-0.15, -0.1) is 0 Å². The summed E-state index contributed by atoms with van der Waals surface area (Å²) in [5.41, 5.74) is -0.676. The number of halogens is 5. The second kappa shape index (κ2) is 15.3. The first kappa shape index (κ1) is 36.4. The van der Waals surface area contributed by atoms with Gasteiger partial charge in [0.2, 0.25) is 0 Å². The number of alkyl halides is 5. The monoisotopic (exact) mass is 662 g/mol. The minimum absolute atomic E-state index is 0.0146. The molecule has 0 heterocycles. The molecule has 0 fully saturated rings. The third-order valence-corrected chi connectivity index (χ3v) is 8.33. The van der Waals surface area contributed by atoms with Crippen molar-refractivity contribution in [3.05, 3.63) is 103 Å². The molecule has 1 unspecified atom stereocenters. The minimum atomic E-state index is -6.44. The number of hydrogen-bond acceptors (Lipinski definition) is 8. The maximum Gasteiger partial charge on any atom is 0.468 e. The molecule has 0 spiro atoms. The van der Waals surface area contributed by atoms with Crippen LogP contribution in [0.3, 0.4) is 0 Å². The van der Waals surface area contributed by atoms with Crippen molar-refractivity contribution < 1.29 is 58.7 Å². The number of esters is 2. The van der Waals surface area contributed by atoms with Crippen molar-refractivity contribution in [2.45, 2.75) is 45.8 Å². The van der Waals surface area contributed by atoms with Gasteiger partial charge in [-0.1, -0.05) is 61.2 Å². The summed E-state index contributed by atoms with van der Waals surface area (Å²) in [6.07, 6.45) is -5.97. The largest absolute Gasteiger partial charge is 0.743 e. The molecule has 0 amide bonds. The summed E-state index contributed by atoms with van der Waals surface area (Å²) in [6.45, 7) is 1.39. The fourth-order valence-electron chi connectivity index (χ4n) is 3.17. The van der Waals surface area contributed by atoms with E-state index in [2.05, 4.69) is 112 Å². The molecule has 3 aromatic carbocycles. The van der Waals surface area contributed by atoms with Crippen LogP contribution in [0.4, 0.5) is 22.0 Å². The van der Waals surface area contributed by atoms with Gasteiger partial charge in [0.1, 0.15) is 6.61 Å². The van der Waals surface area contributed by atoms with Crippen molar-refractivity contribution in [1.82, 2.24) is 0 Å². The Morgan fingerprint density at radius 2 is 1.20 bits per heavy atom. The van der Waals surface area contributed by atoms with E-state index in [1.54, 1.807) is 0 Å². The molecule has 0 saturated heterocycles. The molecule has 3 rings (SSSR count). The Morgan fingerprint density at radius 3 is 1.50 bits per heavy atom. The first-order valence-electron chi connectivity index (χ1n) is 12.5. The molecule has 238 valence electrons. The van der Waals surface area contributed by atoms with Gasteiger partial charge in [0.25, 0.3) is 0 Å². The summed E-state index contributed by atoms with van der Waals surface area (Å²) >= 11 is 0. The van der Waals surface area contributed by atoms with Gasteiger partial charge < -0.3 is 18.8 Å². The van der Waals surface area contributed by atoms with Gasteiger partial charge >= 0.3 is 29.2 Å². The maximum absolute atomic E-state index is 13.2. The molecular formula is C29H27F5O8S2. The van der Waals surface area contributed by atoms with Gasteiger partial charge in [-0.2, -0.15) is 22.0 Å². The molecule has 1 atom stereocenters. The third-order valence-electron chi connectivity index (χ3n) is 5.25. The van der Waals surface area contributed by atoms with Gasteiger partial charge in [-0.25, -0.2) is 18.0 Å². The van der Waals surface area contributed by atoms with E-state index < -0.39 is 58.1 Å².